The van der Waals surface area contributed by atoms with E-state index in [1.165, 1.54) is 12.1 Å². The van der Waals surface area contributed by atoms with E-state index in [1.807, 2.05) is 0 Å². The Bertz CT molecular complexity index is 451. The molecular weight excluding hydrogens is 269 g/mol. The SMILES string of the molecule is C=CCN(CC(=O)OCC)Cc1cc(Cl)ccc1F. The molecule has 5 heteroatoms. The lowest BCUT2D eigenvalue weighted by atomic mass is 10.2. The maximum absolute atomic E-state index is 13.6. The van der Waals surface area contributed by atoms with Crippen LogP contribution in [0, 0.1) is 5.82 Å². The number of carbonyl (C=O) groups excluding carboxylic acids is 1. The number of hydrogen-bond donors (Lipinski definition) is 0. The number of esters is 1. The minimum Gasteiger partial charge on any atom is -0.465 e. The van der Waals surface area contributed by atoms with Gasteiger partial charge in [-0.2, -0.15) is 0 Å². The highest BCUT2D eigenvalue weighted by Crippen LogP contribution is 2.16. The van der Waals surface area contributed by atoms with E-state index >= 15 is 0 Å². The van der Waals surface area contributed by atoms with E-state index in [0.717, 1.165) is 0 Å². The molecule has 0 saturated carbocycles. The first-order valence-corrected chi connectivity index (χ1v) is 6.37. The van der Waals surface area contributed by atoms with Crippen LogP contribution in [0.5, 0.6) is 0 Å². The summed E-state index contributed by atoms with van der Waals surface area (Å²) in [6.45, 7) is 6.52. The molecule has 0 radical (unpaired) electrons. The van der Waals surface area contributed by atoms with E-state index in [1.54, 1.807) is 24.0 Å². The number of halogens is 2. The Labute approximate surface area is 117 Å². The van der Waals surface area contributed by atoms with Crippen molar-refractivity contribution in [3.63, 3.8) is 0 Å². The normalized spacial score (nSPS) is 10.5. The zero-order valence-corrected chi connectivity index (χ0v) is 11.6. The van der Waals surface area contributed by atoms with Crippen molar-refractivity contribution in [3.8, 4) is 0 Å². The van der Waals surface area contributed by atoms with Gasteiger partial charge in [-0.3, -0.25) is 9.69 Å². The van der Waals surface area contributed by atoms with Gasteiger partial charge in [0.25, 0.3) is 0 Å². The fourth-order valence-corrected chi connectivity index (χ4v) is 1.86. The monoisotopic (exact) mass is 285 g/mol. The number of carbonyl (C=O) groups is 1. The Morgan fingerprint density at radius 1 is 1.58 bits per heavy atom. The third-order valence-electron chi connectivity index (χ3n) is 2.45. The van der Waals surface area contributed by atoms with Crippen molar-refractivity contribution in [1.29, 1.82) is 0 Å². The summed E-state index contributed by atoms with van der Waals surface area (Å²) in [6, 6.07) is 4.36. The van der Waals surface area contributed by atoms with E-state index < -0.39 is 0 Å². The fraction of sp³-hybridized carbons (Fsp3) is 0.357. The van der Waals surface area contributed by atoms with Crippen molar-refractivity contribution in [2.45, 2.75) is 13.5 Å². The van der Waals surface area contributed by atoms with Gasteiger partial charge in [0.15, 0.2) is 0 Å². The number of benzene rings is 1. The lowest BCUT2D eigenvalue weighted by molar-refractivity contribution is -0.144. The molecule has 0 saturated heterocycles. The van der Waals surface area contributed by atoms with Crippen LogP contribution >= 0.6 is 11.6 Å². The van der Waals surface area contributed by atoms with Gasteiger partial charge < -0.3 is 4.74 Å². The zero-order chi connectivity index (χ0) is 14.3. The lowest BCUT2D eigenvalue weighted by Gasteiger charge is -2.20. The second-order valence-electron chi connectivity index (χ2n) is 4.00. The topological polar surface area (TPSA) is 29.5 Å². The molecule has 19 heavy (non-hydrogen) atoms. The quantitative estimate of drug-likeness (QED) is 0.570. The molecule has 0 aliphatic rings. The van der Waals surface area contributed by atoms with Crippen LogP contribution in [0.25, 0.3) is 0 Å². The Morgan fingerprint density at radius 2 is 2.32 bits per heavy atom. The summed E-state index contributed by atoms with van der Waals surface area (Å²) >= 11 is 5.84. The molecule has 0 amide bonds. The van der Waals surface area contributed by atoms with Crippen molar-refractivity contribution in [1.82, 2.24) is 4.90 Å². The van der Waals surface area contributed by atoms with E-state index in [0.29, 0.717) is 23.7 Å². The highest BCUT2D eigenvalue weighted by atomic mass is 35.5. The average molecular weight is 286 g/mol. The summed E-state index contributed by atoms with van der Waals surface area (Å²) in [6.07, 6.45) is 1.65. The molecule has 0 aromatic heterocycles. The van der Waals surface area contributed by atoms with Crippen molar-refractivity contribution in [2.24, 2.45) is 0 Å². The van der Waals surface area contributed by atoms with Gasteiger partial charge in [-0.05, 0) is 25.1 Å². The Kier molecular flexibility index (Phi) is 6.53. The Hall–Kier alpha value is -1.39. The molecule has 1 aromatic rings. The number of ether oxygens (including phenoxy) is 1. The summed E-state index contributed by atoms with van der Waals surface area (Å²) in [5.74, 6) is -0.686. The van der Waals surface area contributed by atoms with Gasteiger partial charge in [0.05, 0.1) is 13.2 Å². The lowest BCUT2D eigenvalue weighted by Crippen LogP contribution is -2.31. The minimum absolute atomic E-state index is 0.0891. The van der Waals surface area contributed by atoms with Gasteiger partial charge >= 0.3 is 5.97 Å². The van der Waals surface area contributed by atoms with Gasteiger partial charge in [-0.25, -0.2) is 4.39 Å². The largest absolute Gasteiger partial charge is 0.465 e. The Morgan fingerprint density at radius 3 is 2.95 bits per heavy atom. The summed E-state index contributed by atoms with van der Waals surface area (Å²) in [7, 11) is 0. The van der Waals surface area contributed by atoms with Crippen LogP contribution in [-0.4, -0.2) is 30.6 Å². The molecular formula is C14H17ClFNO2. The molecule has 0 heterocycles. The summed E-state index contributed by atoms with van der Waals surface area (Å²) in [5, 5.41) is 0.464. The first kappa shape index (κ1) is 15.7. The molecule has 0 unspecified atom stereocenters. The van der Waals surface area contributed by atoms with Crippen LogP contribution in [0.2, 0.25) is 5.02 Å². The van der Waals surface area contributed by atoms with Crippen LogP contribution in [0.15, 0.2) is 30.9 Å². The maximum Gasteiger partial charge on any atom is 0.320 e. The predicted octanol–water partition coefficient (Wildman–Crippen LogP) is 3.03. The zero-order valence-electron chi connectivity index (χ0n) is 10.9. The molecule has 0 bridgehead atoms. The fourth-order valence-electron chi connectivity index (χ4n) is 1.66. The molecule has 1 rings (SSSR count). The van der Waals surface area contributed by atoms with Crippen molar-refractivity contribution in [2.75, 3.05) is 19.7 Å². The molecule has 1 aromatic carbocycles. The minimum atomic E-state index is -0.345. The van der Waals surface area contributed by atoms with E-state index in [9.17, 15) is 9.18 Å². The molecule has 0 fully saturated rings. The molecule has 0 spiro atoms. The Balaban J connectivity index is 2.74. The molecule has 0 aliphatic heterocycles. The van der Waals surface area contributed by atoms with E-state index in [-0.39, 0.29) is 24.9 Å². The smallest absolute Gasteiger partial charge is 0.320 e. The summed E-state index contributed by atoms with van der Waals surface area (Å²) < 4.78 is 18.5. The van der Waals surface area contributed by atoms with Crippen LogP contribution < -0.4 is 0 Å². The van der Waals surface area contributed by atoms with E-state index in [4.69, 9.17) is 16.3 Å². The molecule has 0 atom stereocenters. The van der Waals surface area contributed by atoms with Gasteiger partial charge in [0, 0.05) is 23.7 Å². The summed E-state index contributed by atoms with van der Waals surface area (Å²) in [5.41, 5.74) is 0.443. The van der Waals surface area contributed by atoms with Crippen LogP contribution in [0.3, 0.4) is 0 Å². The van der Waals surface area contributed by atoms with Gasteiger partial charge in [-0.15, -0.1) is 6.58 Å². The molecule has 0 aliphatic carbocycles. The number of hydrogen-bond acceptors (Lipinski definition) is 3. The molecule has 0 N–H and O–H groups in total. The van der Waals surface area contributed by atoms with Crippen LogP contribution in [-0.2, 0) is 16.1 Å². The van der Waals surface area contributed by atoms with Gasteiger partial charge in [-0.1, -0.05) is 17.7 Å². The molecule has 3 nitrogen and oxygen atoms in total. The van der Waals surface area contributed by atoms with Gasteiger partial charge in [0.1, 0.15) is 5.82 Å². The van der Waals surface area contributed by atoms with Crippen molar-refractivity contribution in [3.05, 3.63) is 47.3 Å². The van der Waals surface area contributed by atoms with E-state index in [2.05, 4.69) is 6.58 Å². The highest BCUT2D eigenvalue weighted by molar-refractivity contribution is 6.30. The predicted molar refractivity (Wildman–Crippen MR) is 73.5 cm³/mol. The first-order chi connectivity index (χ1) is 9.06. The highest BCUT2D eigenvalue weighted by Gasteiger charge is 2.13. The second kappa shape index (κ2) is 7.92. The maximum atomic E-state index is 13.6. The summed E-state index contributed by atoms with van der Waals surface area (Å²) in [4.78, 5) is 13.2. The average Bonchev–Trinajstić information content (AvgIpc) is 2.34. The van der Waals surface area contributed by atoms with Gasteiger partial charge in [0.2, 0.25) is 0 Å². The van der Waals surface area contributed by atoms with Crippen LogP contribution in [0.4, 0.5) is 4.39 Å². The molecule has 104 valence electrons. The first-order valence-electron chi connectivity index (χ1n) is 5.99. The van der Waals surface area contributed by atoms with Crippen molar-refractivity contribution >= 4 is 17.6 Å². The second-order valence-corrected chi connectivity index (χ2v) is 4.44. The third-order valence-corrected chi connectivity index (χ3v) is 2.68. The number of nitrogens with zero attached hydrogens (tertiary/aromatic N) is 1. The standard InChI is InChI=1S/C14H17ClFNO2/c1-3-7-17(10-14(18)19-4-2)9-11-8-12(15)5-6-13(11)16/h3,5-6,8H,1,4,7,9-10H2,2H3. The third kappa shape index (κ3) is 5.41. The number of rotatable bonds is 7. The van der Waals surface area contributed by atoms with Crippen LogP contribution in [0.1, 0.15) is 12.5 Å². The van der Waals surface area contributed by atoms with Crippen molar-refractivity contribution < 1.29 is 13.9 Å².